The minimum Gasteiger partial charge on any atom is -0.463 e. The van der Waals surface area contributed by atoms with Crippen LogP contribution in [0.25, 0.3) is 0 Å². The summed E-state index contributed by atoms with van der Waals surface area (Å²) < 4.78 is 67.2. The van der Waals surface area contributed by atoms with Crippen LogP contribution in [-0.4, -0.2) is 152 Å². The van der Waals surface area contributed by atoms with Gasteiger partial charge in [0.25, 0.3) is 0 Å². The Labute approximate surface area is 279 Å². The van der Waals surface area contributed by atoms with E-state index in [9.17, 15) is 28.8 Å². The number of rotatable bonds is 24. The molecule has 1 saturated carbocycles. The Balaban J connectivity index is 3.59. The van der Waals surface area contributed by atoms with Crippen molar-refractivity contribution in [2.24, 2.45) is 0 Å². The van der Waals surface area contributed by atoms with Gasteiger partial charge in [-0.05, 0) is 0 Å². The number of hydrogen-bond acceptors (Lipinski definition) is 18. The third-order valence-corrected chi connectivity index (χ3v) is 6.14. The highest BCUT2D eigenvalue weighted by Crippen LogP contribution is 2.34. The Morgan fingerprint density at radius 2 is 0.396 bits per heavy atom. The van der Waals surface area contributed by atoms with Crippen LogP contribution in [0.15, 0.2) is 0 Å². The summed E-state index contributed by atoms with van der Waals surface area (Å²) in [6.45, 7) is 5.84. The molecule has 0 N–H and O–H groups in total. The summed E-state index contributed by atoms with van der Waals surface area (Å²) in [4.78, 5) is 68.5. The molecule has 0 atom stereocenters. The van der Waals surface area contributed by atoms with Crippen molar-refractivity contribution in [3.63, 3.8) is 0 Å². The van der Waals surface area contributed by atoms with Crippen LogP contribution < -0.4 is 0 Å². The van der Waals surface area contributed by atoms with E-state index in [2.05, 4.69) is 0 Å². The van der Waals surface area contributed by atoms with Crippen molar-refractivity contribution in [1.29, 1.82) is 0 Å². The van der Waals surface area contributed by atoms with E-state index in [1.54, 1.807) is 0 Å². The van der Waals surface area contributed by atoms with Gasteiger partial charge in [0.2, 0.25) is 0 Å². The highest BCUT2D eigenvalue weighted by Gasteiger charge is 2.55. The molecule has 0 radical (unpaired) electrons. The smallest absolute Gasteiger partial charge is 0.302 e. The average Bonchev–Trinajstić information content (AvgIpc) is 2.99. The maximum atomic E-state index is 11.4. The lowest BCUT2D eigenvalue weighted by Crippen LogP contribution is -2.68. The van der Waals surface area contributed by atoms with E-state index in [0.29, 0.717) is 0 Å². The van der Waals surface area contributed by atoms with Gasteiger partial charge in [-0.25, -0.2) is 0 Å². The standard InChI is InChI=1S/C30H48O18/c1-19(31)37-7-13-43-25-26(44-14-8-38-20(2)32)28(46-16-10-40-22(4)34)30(48-18-12-42-24(6)36)29(47-17-11-41-23(5)35)27(25)45-15-9-39-21(3)33/h25-30H,7-18H2,1-6H3. The summed E-state index contributed by atoms with van der Waals surface area (Å²) >= 11 is 0. The molecule has 0 heterocycles. The molecule has 1 aliphatic carbocycles. The second-order valence-corrected chi connectivity index (χ2v) is 10.1. The van der Waals surface area contributed by atoms with Gasteiger partial charge in [-0.1, -0.05) is 0 Å². The fourth-order valence-electron chi connectivity index (χ4n) is 4.48. The molecule has 48 heavy (non-hydrogen) atoms. The van der Waals surface area contributed by atoms with Crippen molar-refractivity contribution in [2.75, 3.05) is 79.3 Å². The fourth-order valence-corrected chi connectivity index (χ4v) is 4.48. The first-order valence-corrected chi connectivity index (χ1v) is 15.3. The lowest BCUT2D eigenvalue weighted by molar-refractivity contribution is -0.286. The minimum atomic E-state index is -1.05. The summed E-state index contributed by atoms with van der Waals surface area (Å²) in [5.74, 6) is -3.22. The SMILES string of the molecule is CC(=O)OCCOC1C(OCCOC(C)=O)C(OCCOC(C)=O)C(OCCOC(C)=O)C(OCCOC(C)=O)C1OCCOC(C)=O. The fraction of sp³-hybridized carbons (Fsp3) is 0.800. The van der Waals surface area contributed by atoms with Gasteiger partial charge in [-0.15, -0.1) is 0 Å². The van der Waals surface area contributed by atoms with Crippen LogP contribution >= 0.6 is 0 Å². The molecule has 0 saturated heterocycles. The Morgan fingerprint density at radius 1 is 0.271 bits per heavy atom. The van der Waals surface area contributed by atoms with Crippen LogP contribution in [-0.2, 0) is 85.6 Å². The summed E-state index contributed by atoms with van der Waals surface area (Å²) in [5.41, 5.74) is 0. The Hall–Kier alpha value is -3.42. The van der Waals surface area contributed by atoms with E-state index in [0.717, 1.165) is 0 Å². The number of carbonyl (C=O) groups excluding carboxylic acids is 6. The highest BCUT2D eigenvalue weighted by atomic mass is 16.7. The molecule has 276 valence electrons. The van der Waals surface area contributed by atoms with Crippen LogP contribution in [0, 0.1) is 0 Å². The highest BCUT2D eigenvalue weighted by molar-refractivity contribution is 5.67. The lowest BCUT2D eigenvalue weighted by atomic mass is 9.83. The summed E-state index contributed by atoms with van der Waals surface area (Å²) in [5, 5.41) is 0. The maximum absolute atomic E-state index is 11.4. The predicted molar refractivity (Wildman–Crippen MR) is 158 cm³/mol. The molecule has 0 bridgehead atoms. The molecule has 0 spiro atoms. The number of esters is 6. The van der Waals surface area contributed by atoms with Crippen LogP contribution in [0.1, 0.15) is 41.5 Å². The third-order valence-electron chi connectivity index (χ3n) is 6.14. The van der Waals surface area contributed by atoms with Crippen LogP contribution in [0.3, 0.4) is 0 Å². The number of ether oxygens (including phenoxy) is 12. The predicted octanol–water partition coefficient (Wildman–Crippen LogP) is -0.310. The topological polar surface area (TPSA) is 213 Å². The van der Waals surface area contributed by atoms with E-state index >= 15 is 0 Å². The molecule has 0 aliphatic heterocycles. The molecule has 18 nitrogen and oxygen atoms in total. The molecule has 0 aromatic heterocycles. The van der Waals surface area contributed by atoms with Gasteiger partial charge in [0.05, 0.1) is 39.6 Å². The first-order valence-electron chi connectivity index (χ1n) is 15.3. The van der Waals surface area contributed by atoms with Gasteiger partial charge in [0.1, 0.15) is 76.3 Å². The molecule has 1 rings (SSSR count). The van der Waals surface area contributed by atoms with Crippen molar-refractivity contribution < 1.29 is 85.6 Å². The molecular formula is C30H48O18. The summed E-state index contributed by atoms with van der Waals surface area (Å²) in [7, 11) is 0. The number of hydrogen-bond donors (Lipinski definition) is 0. The molecule has 18 heteroatoms. The molecule has 1 fully saturated rings. The maximum Gasteiger partial charge on any atom is 0.302 e. The van der Waals surface area contributed by atoms with Crippen molar-refractivity contribution in [2.45, 2.75) is 78.2 Å². The van der Waals surface area contributed by atoms with E-state index in [1.165, 1.54) is 41.5 Å². The largest absolute Gasteiger partial charge is 0.463 e. The van der Waals surface area contributed by atoms with Crippen molar-refractivity contribution >= 4 is 35.8 Å². The van der Waals surface area contributed by atoms with Gasteiger partial charge in [-0.2, -0.15) is 0 Å². The van der Waals surface area contributed by atoms with Gasteiger partial charge >= 0.3 is 35.8 Å². The Morgan fingerprint density at radius 3 is 0.500 bits per heavy atom. The molecule has 1 aliphatic rings. The third kappa shape index (κ3) is 18.8. The zero-order valence-corrected chi connectivity index (χ0v) is 28.3. The zero-order chi connectivity index (χ0) is 35.9. The molecular weight excluding hydrogens is 648 g/mol. The van der Waals surface area contributed by atoms with Crippen LogP contribution in [0.5, 0.6) is 0 Å². The van der Waals surface area contributed by atoms with Crippen molar-refractivity contribution in [3.05, 3.63) is 0 Å². The van der Waals surface area contributed by atoms with E-state index in [-0.39, 0.29) is 79.3 Å². The van der Waals surface area contributed by atoms with E-state index in [1.807, 2.05) is 0 Å². The summed E-state index contributed by atoms with van der Waals surface area (Å²) in [6, 6.07) is 0. The quantitative estimate of drug-likeness (QED) is 0.0719. The molecule has 0 aromatic rings. The first kappa shape index (κ1) is 42.6. The van der Waals surface area contributed by atoms with Gasteiger partial charge in [0.15, 0.2) is 0 Å². The Kier molecular flexibility index (Phi) is 21.9. The number of carbonyl (C=O) groups is 6. The normalized spacial score (nSPS) is 21.9. The van der Waals surface area contributed by atoms with E-state index < -0.39 is 72.4 Å². The first-order chi connectivity index (χ1) is 22.8. The minimum absolute atomic E-state index is 0.129. The molecule has 0 aromatic carbocycles. The van der Waals surface area contributed by atoms with Gasteiger partial charge in [-0.3, -0.25) is 28.8 Å². The van der Waals surface area contributed by atoms with Crippen LogP contribution in [0.2, 0.25) is 0 Å². The summed E-state index contributed by atoms with van der Waals surface area (Å²) in [6.07, 6.45) is -6.33. The van der Waals surface area contributed by atoms with Crippen molar-refractivity contribution in [1.82, 2.24) is 0 Å². The molecule has 0 unspecified atom stereocenters. The van der Waals surface area contributed by atoms with Gasteiger partial charge < -0.3 is 56.8 Å². The second-order valence-electron chi connectivity index (χ2n) is 10.1. The zero-order valence-electron chi connectivity index (χ0n) is 28.3. The van der Waals surface area contributed by atoms with Gasteiger partial charge in [0, 0.05) is 41.5 Å². The second kappa shape index (κ2) is 24.7. The van der Waals surface area contributed by atoms with Crippen molar-refractivity contribution in [3.8, 4) is 0 Å². The van der Waals surface area contributed by atoms with E-state index in [4.69, 9.17) is 56.8 Å². The average molecular weight is 697 g/mol. The monoisotopic (exact) mass is 696 g/mol. The van der Waals surface area contributed by atoms with Crippen LogP contribution in [0.4, 0.5) is 0 Å². The Bertz CT molecular complexity index is 789. The lowest BCUT2D eigenvalue weighted by Gasteiger charge is -2.49. The molecule has 0 amide bonds.